The molecule has 0 radical (unpaired) electrons. The molecule has 1 atom stereocenters. The zero-order valence-electron chi connectivity index (χ0n) is 11.1. The molecule has 1 aromatic carbocycles. The third-order valence-electron chi connectivity index (χ3n) is 2.24. The van der Waals surface area contributed by atoms with Crippen LogP contribution in [0.3, 0.4) is 0 Å². The Morgan fingerprint density at radius 1 is 1.44 bits per heavy atom. The molecule has 0 aliphatic carbocycles. The van der Waals surface area contributed by atoms with E-state index in [0.717, 1.165) is 10.0 Å². The van der Waals surface area contributed by atoms with Gasteiger partial charge in [0, 0.05) is 10.5 Å². The lowest BCUT2D eigenvalue weighted by Crippen LogP contribution is -2.31. The summed E-state index contributed by atoms with van der Waals surface area (Å²) in [7, 11) is 0. The highest BCUT2D eigenvalue weighted by molar-refractivity contribution is 9.10. The fraction of sp³-hybridized carbons (Fsp3) is 0.500. The Morgan fingerprint density at radius 3 is 2.67 bits per heavy atom. The summed E-state index contributed by atoms with van der Waals surface area (Å²) in [5.41, 5.74) is 6.62. The Balaban J connectivity index is 2.47. The van der Waals surface area contributed by atoms with E-state index in [4.69, 9.17) is 10.5 Å². The first-order chi connectivity index (χ1) is 8.26. The maximum absolute atomic E-state index is 11.6. The lowest BCUT2D eigenvalue weighted by atomic mass is 10.0. The summed E-state index contributed by atoms with van der Waals surface area (Å²) in [6.07, 6.45) is 0.905. The number of rotatable bonds is 4. The molecule has 4 heteroatoms. The van der Waals surface area contributed by atoms with Gasteiger partial charge in [0.25, 0.3) is 0 Å². The quantitative estimate of drug-likeness (QED) is 0.869. The highest BCUT2D eigenvalue weighted by Gasteiger charge is 2.18. The molecule has 2 N–H and O–H groups in total. The summed E-state index contributed by atoms with van der Waals surface area (Å²) in [5.74, 6) is -0.245. The Morgan fingerprint density at radius 2 is 2.11 bits per heavy atom. The van der Waals surface area contributed by atoms with Crippen LogP contribution >= 0.6 is 15.9 Å². The first-order valence-electron chi connectivity index (χ1n) is 5.98. The van der Waals surface area contributed by atoms with Crippen molar-refractivity contribution in [1.82, 2.24) is 0 Å². The lowest BCUT2D eigenvalue weighted by Gasteiger charge is -2.21. The van der Waals surface area contributed by atoms with Crippen molar-refractivity contribution in [3.63, 3.8) is 0 Å². The van der Waals surface area contributed by atoms with Crippen LogP contribution < -0.4 is 5.73 Å². The standard InChI is InChI=1S/C14H20BrNO2/c1-14(2,3)18-13(17)9-12(16)8-10-5-4-6-11(15)7-10/h4-7,12H,8-9,16H2,1-3H3/t12-/m0/s1. The van der Waals surface area contributed by atoms with Crippen LogP contribution in [0.2, 0.25) is 0 Å². The van der Waals surface area contributed by atoms with Crippen LogP contribution in [0.1, 0.15) is 32.8 Å². The zero-order valence-corrected chi connectivity index (χ0v) is 12.7. The fourth-order valence-corrected chi connectivity index (χ4v) is 2.08. The molecular formula is C14H20BrNO2. The van der Waals surface area contributed by atoms with Gasteiger partial charge in [0.2, 0.25) is 0 Å². The van der Waals surface area contributed by atoms with Crippen molar-refractivity contribution in [2.75, 3.05) is 0 Å². The van der Waals surface area contributed by atoms with E-state index in [1.54, 1.807) is 0 Å². The molecule has 0 unspecified atom stereocenters. The Kier molecular flexibility index (Phi) is 5.35. The van der Waals surface area contributed by atoms with Crippen molar-refractivity contribution < 1.29 is 9.53 Å². The van der Waals surface area contributed by atoms with Crippen LogP contribution in [0.15, 0.2) is 28.7 Å². The van der Waals surface area contributed by atoms with Crippen LogP contribution in [-0.4, -0.2) is 17.6 Å². The second-order valence-electron chi connectivity index (χ2n) is 5.38. The van der Waals surface area contributed by atoms with Gasteiger partial charge in [-0.25, -0.2) is 0 Å². The van der Waals surface area contributed by atoms with Crippen molar-refractivity contribution >= 4 is 21.9 Å². The van der Waals surface area contributed by atoms with Crippen LogP contribution in [0, 0.1) is 0 Å². The number of benzene rings is 1. The van der Waals surface area contributed by atoms with Gasteiger partial charge in [0.15, 0.2) is 0 Å². The normalized spacial score (nSPS) is 13.2. The summed E-state index contributed by atoms with van der Waals surface area (Å²) >= 11 is 3.41. The van der Waals surface area contributed by atoms with E-state index in [9.17, 15) is 4.79 Å². The summed E-state index contributed by atoms with van der Waals surface area (Å²) < 4.78 is 6.26. The third-order valence-corrected chi connectivity index (χ3v) is 2.73. The molecule has 0 spiro atoms. The molecule has 18 heavy (non-hydrogen) atoms. The smallest absolute Gasteiger partial charge is 0.307 e. The van der Waals surface area contributed by atoms with Gasteiger partial charge in [-0.15, -0.1) is 0 Å². The summed E-state index contributed by atoms with van der Waals surface area (Å²) in [4.78, 5) is 11.6. The Hall–Kier alpha value is -0.870. The SMILES string of the molecule is CC(C)(C)OC(=O)C[C@@H](N)Cc1cccc(Br)c1. The van der Waals surface area contributed by atoms with Crippen LogP contribution in [0.5, 0.6) is 0 Å². The minimum Gasteiger partial charge on any atom is -0.460 e. The predicted molar refractivity (Wildman–Crippen MR) is 76.3 cm³/mol. The monoisotopic (exact) mass is 313 g/mol. The highest BCUT2D eigenvalue weighted by Crippen LogP contribution is 2.14. The third kappa shape index (κ3) is 6.17. The van der Waals surface area contributed by atoms with Gasteiger partial charge in [-0.05, 0) is 44.9 Å². The van der Waals surface area contributed by atoms with Gasteiger partial charge in [-0.2, -0.15) is 0 Å². The van der Waals surface area contributed by atoms with E-state index in [1.165, 1.54) is 0 Å². The zero-order chi connectivity index (χ0) is 13.8. The second-order valence-corrected chi connectivity index (χ2v) is 6.30. The Labute approximate surface area is 117 Å². The molecule has 1 rings (SSSR count). The Bertz CT molecular complexity index is 413. The van der Waals surface area contributed by atoms with Crippen molar-refractivity contribution in [3.8, 4) is 0 Å². The molecule has 0 heterocycles. The van der Waals surface area contributed by atoms with Gasteiger partial charge < -0.3 is 10.5 Å². The molecule has 0 fully saturated rings. The van der Waals surface area contributed by atoms with Gasteiger partial charge in [-0.1, -0.05) is 28.1 Å². The molecule has 0 bridgehead atoms. The van der Waals surface area contributed by atoms with Crippen LogP contribution in [-0.2, 0) is 16.0 Å². The van der Waals surface area contributed by atoms with E-state index in [0.29, 0.717) is 6.42 Å². The number of carbonyl (C=O) groups is 1. The molecule has 0 aliphatic heterocycles. The van der Waals surface area contributed by atoms with Gasteiger partial charge in [-0.3, -0.25) is 4.79 Å². The number of carbonyl (C=O) groups excluding carboxylic acids is 1. The molecule has 0 aromatic heterocycles. The molecule has 3 nitrogen and oxygen atoms in total. The number of nitrogens with two attached hydrogens (primary N) is 1. The molecule has 1 aromatic rings. The molecule has 0 aliphatic rings. The van der Waals surface area contributed by atoms with E-state index < -0.39 is 5.60 Å². The number of hydrogen-bond acceptors (Lipinski definition) is 3. The van der Waals surface area contributed by atoms with Gasteiger partial charge in [0.1, 0.15) is 5.60 Å². The van der Waals surface area contributed by atoms with Gasteiger partial charge in [0.05, 0.1) is 6.42 Å². The maximum atomic E-state index is 11.6. The molecule has 0 amide bonds. The molecule has 0 saturated heterocycles. The predicted octanol–water partition coefficient (Wildman–Crippen LogP) is 3.05. The first kappa shape index (κ1) is 15.2. The number of ether oxygens (including phenoxy) is 1. The van der Waals surface area contributed by atoms with Crippen molar-refractivity contribution in [1.29, 1.82) is 0 Å². The summed E-state index contributed by atoms with van der Waals surface area (Å²) in [6, 6.07) is 7.71. The minimum atomic E-state index is -0.452. The molecule has 100 valence electrons. The molecular weight excluding hydrogens is 294 g/mol. The van der Waals surface area contributed by atoms with E-state index in [-0.39, 0.29) is 18.4 Å². The average molecular weight is 314 g/mol. The average Bonchev–Trinajstić information content (AvgIpc) is 2.13. The minimum absolute atomic E-state index is 0.214. The maximum Gasteiger partial charge on any atom is 0.307 e. The van der Waals surface area contributed by atoms with Crippen molar-refractivity contribution in [3.05, 3.63) is 34.3 Å². The molecule has 0 saturated carbocycles. The van der Waals surface area contributed by atoms with Crippen LogP contribution in [0.4, 0.5) is 0 Å². The summed E-state index contributed by atoms with van der Waals surface area (Å²) in [6.45, 7) is 5.56. The highest BCUT2D eigenvalue weighted by atomic mass is 79.9. The fourth-order valence-electron chi connectivity index (χ4n) is 1.64. The number of halogens is 1. The second kappa shape index (κ2) is 6.34. The first-order valence-corrected chi connectivity index (χ1v) is 6.77. The number of esters is 1. The number of hydrogen-bond donors (Lipinski definition) is 1. The largest absolute Gasteiger partial charge is 0.460 e. The topological polar surface area (TPSA) is 52.3 Å². The summed E-state index contributed by atoms with van der Waals surface area (Å²) in [5, 5.41) is 0. The lowest BCUT2D eigenvalue weighted by molar-refractivity contribution is -0.155. The van der Waals surface area contributed by atoms with E-state index in [2.05, 4.69) is 15.9 Å². The van der Waals surface area contributed by atoms with Gasteiger partial charge >= 0.3 is 5.97 Å². The van der Waals surface area contributed by atoms with E-state index >= 15 is 0 Å². The van der Waals surface area contributed by atoms with E-state index in [1.807, 2.05) is 45.0 Å². The van der Waals surface area contributed by atoms with Crippen molar-refractivity contribution in [2.24, 2.45) is 5.73 Å². The van der Waals surface area contributed by atoms with Crippen LogP contribution in [0.25, 0.3) is 0 Å². The van der Waals surface area contributed by atoms with Crippen molar-refractivity contribution in [2.45, 2.75) is 45.3 Å².